The van der Waals surface area contributed by atoms with E-state index in [1.54, 1.807) is 0 Å². The van der Waals surface area contributed by atoms with Gasteiger partial charge in [0.05, 0.1) is 18.5 Å². The van der Waals surface area contributed by atoms with Gasteiger partial charge in [-0.3, -0.25) is 19.7 Å². The molecule has 0 aromatic heterocycles. The van der Waals surface area contributed by atoms with Crippen LogP contribution in [0.25, 0.3) is 0 Å². The van der Waals surface area contributed by atoms with Crippen LogP contribution in [0.3, 0.4) is 0 Å². The molecular formula is C14H16N2O7. The van der Waals surface area contributed by atoms with Gasteiger partial charge in [-0.05, 0) is 19.1 Å². The van der Waals surface area contributed by atoms with Gasteiger partial charge in [-0.2, -0.15) is 0 Å². The summed E-state index contributed by atoms with van der Waals surface area (Å²) < 4.78 is 9.20. The maximum atomic E-state index is 11.8. The van der Waals surface area contributed by atoms with Crippen LogP contribution in [0.1, 0.15) is 23.7 Å². The minimum Gasteiger partial charge on any atom is -0.466 e. The maximum absolute atomic E-state index is 11.8. The maximum Gasteiger partial charge on any atom is 0.346 e. The quantitative estimate of drug-likeness (QED) is 0.447. The standard InChI is InChI=1S/C14H16N2O7/c1-9(14(19)22-2)23-12(17)7-8-15-13(18)10-3-5-11(6-4-10)16(20)21/h3-6,9H,7-8H2,1-2H3,(H,15,18)/t9-/m1/s1. The van der Waals surface area contributed by atoms with E-state index in [2.05, 4.69) is 10.1 Å². The number of rotatable bonds is 7. The smallest absolute Gasteiger partial charge is 0.346 e. The summed E-state index contributed by atoms with van der Waals surface area (Å²) in [6.07, 6.45) is -1.14. The Hall–Kier alpha value is -2.97. The Balaban J connectivity index is 2.40. The molecule has 0 heterocycles. The van der Waals surface area contributed by atoms with E-state index < -0.39 is 28.9 Å². The van der Waals surface area contributed by atoms with Gasteiger partial charge in [0.15, 0.2) is 6.10 Å². The lowest BCUT2D eigenvalue weighted by Gasteiger charge is -2.11. The number of nitrogens with one attached hydrogen (secondary N) is 1. The monoisotopic (exact) mass is 324 g/mol. The summed E-state index contributed by atoms with van der Waals surface area (Å²) in [4.78, 5) is 44.2. The number of ether oxygens (including phenoxy) is 2. The van der Waals surface area contributed by atoms with E-state index in [0.29, 0.717) is 0 Å². The minimum absolute atomic E-state index is 0.00253. The van der Waals surface area contributed by atoms with Crippen LogP contribution in [0.2, 0.25) is 0 Å². The topological polar surface area (TPSA) is 125 Å². The second kappa shape index (κ2) is 8.47. The fourth-order valence-electron chi connectivity index (χ4n) is 1.58. The van der Waals surface area contributed by atoms with Crippen molar-refractivity contribution >= 4 is 23.5 Å². The molecule has 1 amide bonds. The molecule has 1 N–H and O–H groups in total. The predicted octanol–water partition coefficient (Wildman–Crippen LogP) is 0.819. The van der Waals surface area contributed by atoms with Crippen LogP contribution >= 0.6 is 0 Å². The van der Waals surface area contributed by atoms with E-state index >= 15 is 0 Å². The molecule has 0 spiro atoms. The number of amides is 1. The first-order valence-corrected chi connectivity index (χ1v) is 6.65. The van der Waals surface area contributed by atoms with Crippen LogP contribution in [-0.4, -0.2) is 42.5 Å². The zero-order valence-corrected chi connectivity index (χ0v) is 12.6. The van der Waals surface area contributed by atoms with Crippen molar-refractivity contribution in [3.8, 4) is 0 Å². The number of non-ortho nitro benzene ring substituents is 1. The van der Waals surface area contributed by atoms with Crippen molar-refractivity contribution in [2.24, 2.45) is 0 Å². The highest BCUT2D eigenvalue weighted by Gasteiger charge is 2.18. The van der Waals surface area contributed by atoms with Crippen LogP contribution in [0.5, 0.6) is 0 Å². The van der Waals surface area contributed by atoms with Crippen LogP contribution in [0.15, 0.2) is 24.3 Å². The molecule has 1 rings (SSSR count). The summed E-state index contributed by atoms with van der Waals surface area (Å²) in [5.41, 5.74) is 0.105. The molecular weight excluding hydrogens is 308 g/mol. The van der Waals surface area contributed by atoms with E-state index in [9.17, 15) is 24.5 Å². The predicted molar refractivity (Wildman–Crippen MR) is 77.6 cm³/mol. The lowest BCUT2D eigenvalue weighted by atomic mass is 10.2. The van der Waals surface area contributed by atoms with Crippen LogP contribution in [-0.2, 0) is 19.1 Å². The van der Waals surface area contributed by atoms with Gasteiger partial charge in [-0.25, -0.2) is 4.79 Å². The largest absolute Gasteiger partial charge is 0.466 e. The number of benzene rings is 1. The molecule has 0 saturated heterocycles. The molecule has 9 nitrogen and oxygen atoms in total. The van der Waals surface area contributed by atoms with E-state index in [1.807, 2.05) is 0 Å². The molecule has 23 heavy (non-hydrogen) atoms. The average Bonchev–Trinajstić information content (AvgIpc) is 2.53. The second-order valence-corrected chi connectivity index (χ2v) is 4.47. The third kappa shape index (κ3) is 5.73. The van der Waals surface area contributed by atoms with Gasteiger partial charge in [0.1, 0.15) is 0 Å². The number of hydrogen-bond donors (Lipinski definition) is 1. The average molecular weight is 324 g/mol. The second-order valence-electron chi connectivity index (χ2n) is 4.47. The zero-order valence-electron chi connectivity index (χ0n) is 12.6. The fraction of sp³-hybridized carbons (Fsp3) is 0.357. The Morgan fingerprint density at radius 1 is 1.26 bits per heavy atom. The number of methoxy groups -OCH3 is 1. The molecule has 0 aliphatic heterocycles. The first kappa shape index (κ1) is 18.1. The Kier molecular flexibility index (Phi) is 6.66. The van der Waals surface area contributed by atoms with E-state index in [0.717, 1.165) is 0 Å². The lowest BCUT2D eigenvalue weighted by molar-refractivity contribution is -0.384. The lowest BCUT2D eigenvalue weighted by Crippen LogP contribution is -2.29. The van der Waals surface area contributed by atoms with Gasteiger partial charge in [0.25, 0.3) is 11.6 Å². The summed E-state index contributed by atoms with van der Waals surface area (Å²) in [5, 5.41) is 13.0. The van der Waals surface area contributed by atoms with E-state index in [-0.39, 0.29) is 24.2 Å². The number of carbonyl (C=O) groups is 3. The molecule has 1 aromatic carbocycles. The van der Waals surface area contributed by atoms with Gasteiger partial charge >= 0.3 is 11.9 Å². The first-order valence-electron chi connectivity index (χ1n) is 6.65. The van der Waals surface area contributed by atoms with Crippen molar-refractivity contribution in [2.75, 3.05) is 13.7 Å². The van der Waals surface area contributed by atoms with Crippen molar-refractivity contribution < 1.29 is 28.8 Å². The summed E-state index contributed by atoms with van der Waals surface area (Å²) >= 11 is 0. The molecule has 1 aromatic rings. The van der Waals surface area contributed by atoms with E-state index in [4.69, 9.17) is 4.74 Å². The summed E-state index contributed by atoms with van der Waals surface area (Å²) in [5.74, 6) is -1.81. The van der Waals surface area contributed by atoms with Gasteiger partial charge in [-0.15, -0.1) is 0 Å². The van der Waals surface area contributed by atoms with Gasteiger partial charge in [0.2, 0.25) is 0 Å². The number of nitro groups is 1. The molecule has 0 aliphatic rings. The molecule has 0 bridgehead atoms. The van der Waals surface area contributed by atoms with Gasteiger partial charge in [-0.1, -0.05) is 0 Å². The van der Waals surface area contributed by atoms with Crippen molar-refractivity contribution in [1.29, 1.82) is 0 Å². The van der Waals surface area contributed by atoms with Crippen molar-refractivity contribution in [2.45, 2.75) is 19.4 Å². The van der Waals surface area contributed by atoms with Crippen LogP contribution in [0, 0.1) is 10.1 Å². The number of carbonyl (C=O) groups excluding carboxylic acids is 3. The third-order valence-electron chi connectivity index (χ3n) is 2.80. The van der Waals surface area contributed by atoms with Crippen molar-refractivity contribution in [1.82, 2.24) is 5.32 Å². The Morgan fingerprint density at radius 2 is 1.87 bits per heavy atom. The van der Waals surface area contributed by atoms with Crippen molar-refractivity contribution in [3.63, 3.8) is 0 Å². The molecule has 1 atom stereocenters. The molecule has 124 valence electrons. The fourth-order valence-corrected chi connectivity index (χ4v) is 1.58. The summed E-state index contributed by atoms with van der Waals surface area (Å²) in [6, 6.07) is 5.04. The molecule has 0 saturated carbocycles. The normalized spacial score (nSPS) is 11.2. The minimum atomic E-state index is -1.02. The van der Waals surface area contributed by atoms with Crippen molar-refractivity contribution in [3.05, 3.63) is 39.9 Å². The molecule has 0 fully saturated rings. The molecule has 0 aliphatic carbocycles. The highest BCUT2D eigenvalue weighted by molar-refractivity contribution is 5.94. The highest BCUT2D eigenvalue weighted by atomic mass is 16.6. The van der Waals surface area contributed by atoms with Crippen LogP contribution in [0.4, 0.5) is 5.69 Å². The van der Waals surface area contributed by atoms with Crippen LogP contribution < -0.4 is 5.32 Å². The number of hydrogen-bond acceptors (Lipinski definition) is 7. The Morgan fingerprint density at radius 3 is 2.39 bits per heavy atom. The summed E-state index contributed by atoms with van der Waals surface area (Å²) in [7, 11) is 1.18. The molecule has 9 heteroatoms. The highest BCUT2D eigenvalue weighted by Crippen LogP contribution is 2.11. The number of esters is 2. The molecule has 0 unspecified atom stereocenters. The summed E-state index contributed by atoms with van der Waals surface area (Å²) in [6.45, 7) is 1.38. The Labute approximate surface area is 131 Å². The Bertz CT molecular complexity index is 598. The number of nitrogens with zero attached hydrogens (tertiary/aromatic N) is 1. The van der Waals surface area contributed by atoms with E-state index in [1.165, 1.54) is 38.3 Å². The molecule has 0 radical (unpaired) electrons. The number of nitro benzene ring substituents is 1. The van der Waals surface area contributed by atoms with Gasteiger partial charge < -0.3 is 14.8 Å². The zero-order chi connectivity index (χ0) is 17.4. The third-order valence-corrected chi connectivity index (χ3v) is 2.80. The first-order chi connectivity index (χ1) is 10.8. The van der Waals surface area contributed by atoms with Gasteiger partial charge in [0, 0.05) is 24.2 Å². The SMILES string of the molecule is COC(=O)[C@@H](C)OC(=O)CCNC(=O)c1ccc([N+](=O)[O-])cc1.